The number of anilines is 1. The van der Waals surface area contributed by atoms with Crippen LogP contribution in [0, 0.1) is 0 Å². The molecule has 1 aromatic rings. The van der Waals surface area contributed by atoms with Crippen LogP contribution in [-0.2, 0) is 4.74 Å². The maximum absolute atomic E-state index is 5.58. The van der Waals surface area contributed by atoms with E-state index in [2.05, 4.69) is 45.1 Å². The Morgan fingerprint density at radius 2 is 2.07 bits per heavy atom. The minimum Gasteiger partial charge on any atom is -0.374 e. The van der Waals surface area contributed by atoms with E-state index in [1.54, 1.807) is 0 Å². The lowest BCUT2D eigenvalue weighted by Gasteiger charge is -2.28. The molecular formula is C11H12BrNO. The maximum atomic E-state index is 5.58. The van der Waals surface area contributed by atoms with Crippen molar-refractivity contribution in [1.82, 2.24) is 0 Å². The van der Waals surface area contributed by atoms with E-state index in [0.29, 0.717) is 12.1 Å². The maximum Gasteiger partial charge on any atom is 0.0771 e. The summed E-state index contributed by atoms with van der Waals surface area (Å²) < 4.78 is 6.72. The molecule has 2 bridgehead atoms. The van der Waals surface area contributed by atoms with E-state index in [0.717, 1.165) is 17.6 Å². The molecule has 3 rings (SSSR count). The normalized spacial score (nSPS) is 29.9. The SMILES string of the molecule is Brc1ccc(N2C[C@@H]3C[C@H]2CO3)cc1. The number of benzene rings is 1. The van der Waals surface area contributed by atoms with Crippen molar-refractivity contribution < 1.29 is 4.74 Å². The molecule has 0 aliphatic carbocycles. The van der Waals surface area contributed by atoms with Gasteiger partial charge in [0.05, 0.1) is 18.8 Å². The van der Waals surface area contributed by atoms with Gasteiger partial charge in [0.15, 0.2) is 0 Å². The molecule has 0 N–H and O–H groups in total. The Kier molecular flexibility index (Phi) is 2.03. The lowest BCUT2D eigenvalue weighted by Crippen LogP contribution is -2.36. The highest BCUT2D eigenvalue weighted by Gasteiger charge is 2.38. The predicted molar refractivity (Wildman–Crippen MR) is 59.6 cm³/mol. The van der Waals surface area contributed by atoms with E-state index in [1.165, 1.54) is 12.1 Å². The quantitative estimate of drug-likeness (QED) is 0.763. The molecule has 0 saturated carbocycles. The standard InChI is InChI=1S/C11H12BrNO/c12-8-1-3-9(4-2-8)13-6-11-5-10(13)7-14-11/h1-4,10-11H,5-7H2/t10-,11-/m0/s1. The molecule has 2 nitrogen and oxygen atoms in total. The van der Waals surface area contributed by atoms with E-state index in [-0.39, 0.29) is 0 Å². The smallest absolute Gasteiger partial charge is 0.0771 e. The molecule has 2 aliphatic rings. The first kappa shape index (κ1) is 8.74. The molecule has 0 spiro atoms. The van der Waals surface area contributed by atoms with Crippen LogP contribution in [0.25, 0.3) is 0 Å². The first-order valence-corrected chi connectivity index (χ1v) is 5.76. The minimum atomic E-state index is 0.476. The summed E-state index contributed by atoms with van der Waals surface area (Å²) in [6.45, 7) is 1.97. The van der Waals surface area contributed by atoms with Gasteiger partial charge in [-0.3, -0.25) is 0 Å². The van der Waals surface area contributed by atoms with Crippen molar-refractivity contribution in [3.8, 4) is 0 Å². The highest BCUT2D eigenvalue weighted by atomic mass is 79.9. The van der Waals surface area contributed by atoms with Crippen LogP contribution in [0.2, 0.25) is 0 Å². The summed E-state index contributed by atoms with van der Waals surface area (Å²) in [6, 6.07) is 9.15. The molecule has 3 heteroatoms. The second-order valence-electron chi connectivity index (χ2n) is 3.97. The number of hydrogen-bond donors (Lipinski definition) is 0. The number of rotatable bonds is 1. The van der Waals surface area contributed by atoms with Crippen LogP contribution >= 0.6 is 15.9 Å². The van der Waals surface area contributed by atoms with Crippen LogP contribution in [0.1, 0.15) is 6.42 Å². The lowest BCUT2D eigenvalue weighted by atomic mass is 10.2. The fourth-order valence-electron chi connectivity index (χ4n) is 2.35. The lowest BCUT2D eigenvalue weighted by molar-refractivity contribution is 0.0991. The first-order chi connectivity index (χ1) is 6.83. The molecule has 2 atom stereocenters. The van der Waals surface area contributed by atoms with Gasteiger partial charge in [0.2, 0.25) is 0 Å². The number of morpholine rings is 1. The number of hydrogen-bond acceptors (Lipinski definition) is 2. The van der Waals surface area contributed by atoms with Gasteiger partial charge >= 0.3 is 0 Å². The van der Waals surface area contributed by atoms with E-state index in [4.69, 9.17) is 4.74 Å². The Morgan fingerprint density at radius 1 is 1.29 bits per heavy atom. The summed E-state index contributed by atoms with van der Waals surface area (Å²) >= 11 is 3.45. The summed E-state index contributed by atoms with van der Waals surface area (Å²) in [5.41, 5.74) is 1.32. The molecule has 0 unspecified atom stereocenters. The molecule has 2 heterocycles. The minimum absolute atomic E-state index is 0.476. The third kappa shape index (κ3) is 1.35. The molecule has 2 aliphatic heterocycles. The van der Waals surface area contributed by atoms with E-state index >= 15 is 0 Å². The molecule has 1 aromatic carbocycles. The number of nitrogens with zero attached hydrogens (tertiary/aromatic N) is 1. The van der Waals surface area contributed by atoms with Crippen LogP contribution < -0.4 is 4.90 Å². The van der Waals surface area contributed by atoms with Crippen LogP contribution in [0.4, 0.5) is 5.69 Å². The predicted octanol–water partition coefficient (Wildman–Crippen LogP) is 2.43. The van der Waals surface area contributed by atoms with Crippen LogP contribution in [-0.4, -0.2) is 25.3 Å². The van der Waals surface area contributed by atoms with Gasteiger partial charge in [0.25, 0.3) is 0 Å². The average Bonchev–Trinajstić information content (AvgIpc) is 2.80. The van der Waals surface area contributed by atoms with Crippen molar-refractivity contribution in [2.45, 2.75) is 18.6 Å². The largest absolute Gasteiger partial charge is 0.374 e. The van der Waals surface area contributed by atoms with Gasteiger partial charge in [-0.1, -0.05) is 15.9 Å². The molecule has 0 amide bonds. The van der Waals surface area contributed by atoms with Crippen molar-refractivity contribution in [3.63, 3.8) is 0 Å². The van der Waals surface area contributed by atoms with E-state index in [9.17, 15) is 0 Å². The Balaban J connectivity index is 1.86. The van der Waals surface area contributed by atoms with Crippen molar-refractivity contribution in [1.29, 1.82) is 0 Å². The van der Waals surface area contributed by atoms with Crippen molar-refractivity contribution >= 4 is 21.6 Å². The molecule has 0 aromatic heterocycles. The Hall–Kier alpha value is -0.540. The van der Waals surface area contributed by atoms with Crippen LogP contribution in [0.3, 0.4) is 0 Å². The van der Waals surface area contributed by atoms with Crippen molar-refractivity contribution in [2.24, 2.45) is 0 Å². The van der Waals surface area contributed by atoms with Crippen LogP contribution in [0.15, 0.2) is 28.7 Å². The second kappa shape index (κ2) is 3.24. The summed E-state index contributed by atoms with van der Waals surface area (Å²) in [5, 5.41) is 0. The van der Waals surface area contributed by atoms with Gasteiger partial charge in [0, 0.05) is 16.7 Å². The summed E-state index contributed by atoms with van der Waals surface area (Å²) in [5.74, 6) is 0. The fraction of sp³-hybridized carbons (Fsp3) is 0.455. The number of ether oxygens (including phenoxy) is 1. The summed E-state index contributed by atoms with van der Waals surface area (Å²) in [6.07, 6.45) is 1.68. The monoisotopic (exact) mass is 253 g/mol. The van der Waals surface area contributed by atoms with Gasteiger partial charge < -0.3 is 9.64 Å². The van der Waals surface area contributed by atoms with Crippen LogP contribution in [0.5, 0.6) is 0 Å². The van der Waals surface area contributed by atoms with Crippen molar-refractivity contribution in [3.05, 3.63) is 28.7 Å². The van der Waals surface area contributed by atoms with E-state index < -0.39 is 0 Å². The van der Waals surface area contributed by atoms with Gasteiger partial charge in [-0.25, -0.2) is 0 Å². The number of fused-ring (bicyclic) bond motifs is 2. The van der Waals surface area contributed by atoms with Gasteiger partial charge in [0.1, 0.15) is 0 Å². The summed E-state index contributed by atoms with van der Waals surface area (Å²) in [7, 11) is 0. The Morgan fingerprint density at radius 3 is 2.64 bits per heavy atom. The number of halogens is 1. The zero-order valence-electron chi connectivity index (χ0n) is 7.82. The molecule has 14 heavy (non-hydrogen) atoms. The Labute approximate surface area is 92.0 Å². The Bertz CT molecular complexity index is 338. The molecule has 0 radical (unpaired) electrons. The van der Waals surface area contributed by atoms with E-state index in [1.807, 2.05) is 0 Å². The zero-order chi connectivity index (χ0) is 9.54. The third-order valence-electron chi connectivity index (χ3n) is 3.06. The fourth-order valence-corrected chi connectivity index (χ4v) is 2.61. The van der Waals surface area contributed by atoms with Gasteiger partial charge in [-0.05, 0) is 30.7 Å². The second-order valence-corrected chi connectivity index (χ2v) is 4.89. The molecule has 2 saturated heterocycles. The molecule has 2 fully saturated rings. The molecule has 74 valence electrons. The topological polar surface area (TPSA) is 12.5 Å². The van der Waals surface area contributed by atoms with Gasteiger partial charge in [-0.2, -0.15) is 0 Å². The van der Waals surface area contributed by atoms with Gasteiger partial charge in [-0.15, -0.1) is 0 Å². The molecular weight excluding hydrogens is 242 g/mol. The summed E-state index contributed by atoms with van der Waals surface area (Å²) in [4.78, 5) is 2.46. The average molecular weight is 254 g/mol. The van der Waals surface area contributed by atoms with Crippen molar-refractivity contribution in [2.75, 3.05) is 18.1 Å². The zero-order valence-corrected chi connectivity index (χ0v) is 9.40. The highest BCUT2D eigenvalue weighted by molar-refractivity contribution is 9.10. The first-order valence-electron chi connectivity index (χ1n) is 4.97. The third-order valence-corrected chi connectivity index (χ3v) is 3.59. The highest BCUT2D eigenvalue weighted by Crippen LogP contribution is 2.32.